The molecule has 0 aromatic heterocycles. The SMILES string of the molecule is CCN(CC(=O)O)C1CCN(C(=O)C2CSCN2C(=O)C2CCCC2)CC1. The molecular weight excluding hydrogens is 366 g/mol. The van der Waals surface area contributed by atoms with Gasteiger partial charge in [0.1, 0.15) is 6.04 Å². The van der Waals surface area contributed by atoms with Gasteiger partial charge in [-0.1, -0.05) is 19.8 Å². The summed E-state index contributed by atoms with van der Waals surface area (Å²) < 4.78 is 0. The number of aliphatic carboxylic acids is 1. The van der Waals surface area contributed by atoms with Crippen LogP contribution in [0.3, 0.4) is 0 Å². The first-order chi connectivity index (χ1) is 13.0. The molecule has 1 saturated carbocycles. The van der Waals surface area contributed by atoms with Crippen LogP contribution in [0.4, 0.5) is 0 Å². The second-order valence-corrected chi connectivity index (χ2v) is 8.82. The van der Waals surface area contributed by atoms with Crippen molar-refractivity contribution in [3.8, 4) is 0 Å². The molecular formula is C19H31N3O4S. The number of likely N-dealkylation sites (tertiary alicyclic amines) is 1. The Morgan fingerprint density at radius 3 is 2.33 bits per heavy atom. The maximum atomic E-state index is 13.1. The van der Waals surface area contributed by atoms with Crippen molar-refractivity contribution in [2.24, 2.45) is 5.92 Å². The third kappa shape index (κ3) is 4.77. The first-order valence-electron chi connectivity index (χ1n) is 10.1. The quantitative estimate of drug-likeness (QED) is 0.731. The summed E-state index contributed by atoms with van der Waals surface area (Å²) in [5.74, 6) is 0.871. The van der Waals surface area contributed by atoms with Crippen molar-refractivity contribution in [2.45, 2.75) is 57.5 Å². The number of piperidine rings is 1. The molecule has 2 amide bonds. The molecule has 3 aliphatic rings. The molecule has 0 aromatic rings. The summed E-state index contributed by atoms with van der Waals surface area (Å²) in [7, 11) is 0. The molecule has 27 heavy (non-hydrogen) atoms. The van der Waals surface area contributed by atoms with Crippen LogP contribution in [0, 0.1) is 5.92 Å². The van der Waals surface area contributed by atoms with Crippen molar-refractivity contribution in [3.63, 3.8) is 0 Å². The minimum atomic E-state index is -0.806. The summed E-state index contributed by atoms with van der Waals surface area (Å²) in [5, 5.41) is 9.05. The van der Waals surface area contributed by atoms with Gasteiger partial charge in [0.05, 0.1) is 12.4 Å². The zero-order chi connectivity index (χ0) is 19.4. The van der Waals surface area contributed by atoms with Crippen LogP contribution in [0.25, 0.3) is 0 Å². The van der Waals surface area contributed by atoms with Gasteiger partial charge in [-0.05, 0) is 32.2 Å². The summed E-state index contributed by atoms with van der Waals surface area (Å²) in [6.45, 7) is 4.02. The fourth-order valence-electron chi connectivity index (χ4n) is 4.61. The monoisotopic (exact) mass is 397 g/mol. The van der Waals surface area contributed by atoms with E-state index in [1.54, 1.807) is 11.8 Å². The highest BCUT2D eigenvalue weighted by molar-refractivity contribution is 7.99. The molecule has 152 valence electrons. The average molecular weight is 398 g/mol. The Morgan fingerprint density at radius 2 is 1.74 bits per heavy atom. The molecule has 2 saturated heterocycles. The molecule has 3 fully saturated rings. The molecule has 3 rings (SSSR count). The minimum Gasteiger partial charge on any atom is -0.480 e. The number of carbonyl (C=O) groups is 3. The highest BCUT2D eigenvalue weighted by atomic mass is 32.2. The molecule has 8 heteroatoms. The minimum absolute atomic E-state index is 0.0536. The third-order valence-electron chi connectivity index (χ3n) is 6.19. The lowest BCUT2D eigenvalue weighted by molar-refractivity contribution is -0.146. The summed E-state index contributed by atoms with van der Waals surface area (Å²) in [4.78, 5) is 42.6. The van der Waals surface area contributed by atoms with Crippen LogP contribution in [-0.2, 0) is 14.4 Å². The van der Waals surface area contributed by atoms with Crippen LogP contribution in [0.2, 0.25) is 0 Å². The first kappa shape index (κ1) is 20.5. The van der Waals surface area contributed by atoms with Gasteiger partial charge in [-0.2, -0.15) is 0 Å². The number of carboxylic acid groups (broad SMARTS) is 1. The van der Waals surface area contributed by atoms with E-state index >= 15 is 0 Å². The lowest BCUT2D eigenvalue weighted by atomic mass is 10.0. The Balaban J connectivity index is 1.55. The van der Waals surface area contributed by atoms with Crippen LogP contribution in [0.1, 0.15) is 45.4 Å². The van der Waals surface area contributed by atoms with Gasteiger partial charge in [0.15, 0.2) is 0 Å². The number of thioether (sulfide) groups is 1. The van der Waals surface area contributed by atoms with Gasteiger partial charge in [0.2, 0.25) is 11.8 Å². The van der Waals surface area contributed by atoms with Gasteiger partial charge in [-0.3, -0.25) is 19.3 Å². The number of carbonyl (C=O) groups excluding carboxylic acids is 2. The van der Waals surface area contributed by atoms with Crippen molar-refractivity contribution in [1.29, 1.82) is 0 Å². The molecule has 0 spiro atoms. The fourth-order valence-corrected chi connectivity index (χ4v) is 5.76. The van der Waals surface area contributed by atoms with E-state index < -0.39 is 5.97 Å². The number of rotatable bonds is 6. The molecule has 1 unspecified atom stereocenters. The number of hydrogen-bond acceptors (Lipinski definition) is 5. The van der Waals surface area contributed by atoms with Crippen molar-refractivity contribution in [2.75, 3.05) is 37.8 Å². The molecule has 2 heterocycles. The Hall–Kier alpha value is -1.28. The molecule has 7 nitrogen and oxygen atoms in total. The molecule has 2 aliphatic heterocycles. The number of amides is 2. The molecule has 1 N–H and O–H groups in total. The van der Waals surface area contributed by atoms with Crippen molar-refractivity contribution in [3.05, 3.63) is 0 Å². The van der Waals surface area contributed by atoms with Crippen molar-refractivity contribution >= 4 is 29.5 Å². The van der Waals surface area contributed by atoms with Gasteiger partial charge in [-0.15, -0.1) is 11.8 Å². The number of nitrogens with zero attached hydrogens (tertiary/aromatic N) is 3. The largest absolute Gasteiger partial charge is 0.480 e. The van der Waals surface area contributed by atoms with E-state index in [0.717, 1.165) is 38.5 Å². The maximum Gasteiger partial charge on any atom is 0.317 e. The normalized spacial score (nSPS) is 24.7. The first-order valence-corrected chi connectivity index (χ1v) is 11.3. The fraction of sp³-hybridized carbons (Fsp3) is 0.842. The smallest absolute Gasteiger partial charge is 0.317 e. The number of hydrogen-bond donors (Lipinski definition) is 1. The van der Waals surface area contributed by atoms with Gasteiger partial charge >= 0.3 is 5.97 Å². The Bertz CT molecular complexity index is 559. The maximum absolute atomic E-state index is 13.1. The predicted octanol–water partition coefficient (Wildman–Crippen LogP) is 1.48. The lowest BCUT2D eigenvalue weighted by Gasteiger charge is -2.39. The van der Waals surface area contributed by atoms with E-state index in [0.29, 0.717) is 31.3 Å². The van der Waals surface area contributed by atoms with Gasteiger partial charge in [0.25, 0.3) is 0 Å². The van der Waals surface area contributed by atoms with Gasteiger partial charge in [0, 0.05) is 30.8 Å². The summed E-state index contributed by atoms with van der Waals surface area (Å²) in [6, 6.07) is -0.106. The topological polar surface area (TPSA) is 81.2 Å². The van der Waals surface area contributed by atoms with E-state index in [1.165, 1.54) is 0 Å². The predicted molar refractivity (Wildman–Crippen MR) is 104 cm³/mol. The zero-order valence-electron chi connectivity index (χ0n) is 16.1. The Kier molecular flexibility index (Phi) is 7.03. The molecule has 1 atom stereocenters. The van der Waals surface area contributed by atoms with Crippen LogP contribution >= 0.6 is 11.8 Å². The number of carboxylic acids is 1. The summed E-state index contributed by atoms with van der Waals surface area (Å²) in [5.41, 5.74) is 0. The molecule has 0 bridgehead atoms. The van der Waals surface area contributed by atoms with E-state index in [2.05, 4.69) is 0 Å². The van der Waals surface area contributed by atoms with Gasteiger partial charge < -0.3 is 14.9 Å². The summed E-state index contributed by atoms with van der Waals surface area (Å²) in [6.07, 6.45) is 5.75. The Labute approximate surface area is 165 Å². The zero-order valence-corrected chi connectivity index (χ0v) is 17.0. The summed E-state index contributed by atoms with van der Waals surface area (Å²) >= 11 is 1.67. The molecule has 0 radical (unpaired) electrons. The van der Waals surface area contributed by atoms with Crippen LogP contribution in [0.5, 0.6) is 0 Å². The third-order valence-corrected chi connectivity index (χ3v) is 7.20. The van der Waals surface area contributed by atoms with E-state index in [1.807, 2.05) is 21.6 Å². The van der Waals surface area contributed by atoms with E-state index in [-0.39, 0.29) is 36.4 Å². The average Bonchev–Trinajstić information content (AvgIpc) is 3.36. The lowest BCUT2D eigenvalue weighted by Crippen LogP contribution is -2.54. The van der Waals surface area contributed by atoms with Crippen LogP contribution < -0.4 is 0 Å². The van der Waals surface area contributed by atoms with Crippen LogP contribution in [0.15, 0.2) is 0 Å². The molecule has 0 aromatic carbocycles. The van der Waals surface area contributed by atoms with Gasteiger partial charge in [-0.25, -0.2) is 0 Å². The van der Waals surface area contributed by atoms with Crippen LogP contribution in [-0.4, -0.2) is 87.5 Å². The van der Waals surface area contributed by atoms with E-state index in [4.69, 9.17) is 5.11 Å². The second-order valence-electron chi connectivity index (χ2n) is 7.82. The Morgan fingerprint density at radius 1 is 1.07 bits per heavy atom. The molecule has 1 aliphatic carbocycles. The van der Waals surface area contributed by atoms with Crippen molar-refractivity contribution < 1.29 is 19.5 Å². The highest BCUT2D eigenvalue weighted by Gasteiger charge is 2.40. The standard InChI is InChI=1S/C19H31N3O4S/c1-2-20(11-17(23)24)15-7-9-21(10-8-15)19(26)16-12-27-13-22(16)18(25)14-5-3-4-6-14/h14-16H,2-13H2,1H3,(H,23,24). The van der Waals surface area contributed by atoms with E-state index in [9.17, 15) is 14.4 Å². The highest BCUT2D eigenvalue weighted by Crippen LogP contribution is 2.31. The number of likely N-dealkylation sites (N-methyl/N-ethyl adjacent to an activating group) is 1. The second kappa shape index (κ2) is 9.28. The van der Waals surface area contributed by atoms with Crippen molar-refractivity contribution in [1.82, 2.24) is 14.7 Å².